The Morgan fingerprint density at radius 1 is 1.03 bits per heavy atom. The molecule has 1 N–H and O–H groups in total. The second-order valence-corrected chi connectivity index (χ2v) is 8.41. The molecule has 0 spiro atoms. The molecule has 2 atom stereocenters. The summed E-state index contributed by atoms with van der Waals surface area (Å²) >= 11 is 0. The minimum absolute atomic E-state index is 0.0393. The van der Waals surface area contributed by atoms with E-state index < -0.39 is 6.04 Å². The molecule has 1 aliphatic heterocycles. The Morgan fingerprint density at radius 3 is 2.52 bits per heavy atom. The van der Waals surface area contributed by atoms with Crippen LogP contribution in [-0.4, -0.2) is 23.8 Å². The van der Waals surface area contributed by atoms with Crippen molar-refractivity contribution in [3.8, 4) is 5.75 Å². The van der Waals surface area contributed by atoms with Crippen molar-refractivity contribution in [3.63, 3.8) is 0 Å². The summed E-state index contributed by atoms with van der Waals surface area (Å²) in [5.74, 6) is 0.741. The quantitative estimate of drug-likeness (QED) is 0.621. The number of hydrogen-bond donors (Lipinski definition) is 1. The van der Waals surface area contributed by atoms with Gasteiger partial charge in [0.05, 0.1) is 24.5 Å². The van der Waals surface area contributed by atoms with Crippen LogP contribution in [0.15, 0.2) is 84.3 Å². The van der Waals surface area contributed by atoms with E-state index in [9.17, 15) is 9.59 Å². The van der Waals surface area contributed by atoms with Crippen LogP contribution in [0.2, 0.25) is 0 Å². The summed E-state index contributed by atoms with van der Waals surface area (Å²) in [7, 11) is 1.64. The van der Waals surface area contributed by atoms with E-state index in [-0.39, 0.29) is 17.6 Å². The largest absolute Gasteiger partial charge is 0.497 e. The number of pyridine rings is 1. The average Bonchev–Trinajstić information content (AvgIpc) is 2.99. The van der Waals surface area contributed by atoms with Crippen molar-refractivity contribution in [2.24, 2.45) is 0 Å². The zero-order valence-electron chi connectivity index (χ0n) is 18.6. The van der Waals surface area contributed by atoms with Gasteiger partial charge in [-0.2, -0.15) is 0 Å². The maximum atomic E-state index is 13.7. The summed E-state index contributed by atoms with van der Waals surface area (Å²) in [6.45, 7) is 1.54. The van der Waals surface area contributed by atoms with Gasteiger partial charge in [-0.25, -0.2) is 0 Å². The summed E-state index contributed by atoms with van der Waals surface area (Å²) < 4.78 is 5.28. The van der Waals surface area contributed by atoms with Crippen LogP contribution < -0.4 is 15.0 Å². The van der Waals surface area contributed by atoms with Crippen molar-refractivity contribution in [2.45, 2.75) is 31.7 Å². The summed E-state index contributed by atoms with van der Waals surface area (Å²) in [6, 6.07) is 18.8. The van der Waals surface area contributed by atoms with Crippen LogP contribution in [0.4, 0.5) is 11.4 Å². The fraction of sp³-hybridized carbons (Fsp3) is 0.222. The van der Waals surface area contributed by atoms with Crippen molar-refractivity contribution < 1.29 is 14.3 Å². The molecule has 1 aromatic heterocycles. The molecule has 6 heteroatoms. The number of amides is 1. The number of nitrogens with one attached hydrogen (secondary N) is 1. The number of carbonyl (C=O) groups excluding carboxylic acids is 2. The molecule has 2 aromatic carbocycles. The third-order valence-electron chi connectivity index (χ3n) is 6.42. The van der Waals surface area contributed by atoms with Crippen molar-refractivity contribution in [1.82, 2.24) is 4.98 Å². The lowest BCUT2D eigenvalue weighted by atomic mass is 9.78. The van der Waals surface area contributed by atoms with Crippen LogP contribution in [0.3, 0.4) is 0 Å². The van der Waals surface area contributed by atoms with Gasteiger partial charge in [0.1, 0.15) is 5.75 Å². The smallest absolute Gasteiger partial charge is 0.224 e. The Labute approximate surface area is 192 Å². The van der Waals surface area contributed by atoms with E-state index >= 15 is 0 Å². The highest BCUT2D eigenvalue weighted by atomic mass is 16.5. The first-order valence-electron chi connectivity index (χ1n) is 11.0. The van der Waals surface area contributed by atoms with Gasteiger partial charge in [0.15, 0.2) is 5.78 Å². The minimum Gasteiger partial charge on any atom is -0.497 e. The first-order valence-corrected chi connectivity index (χ1v) is 11.0. The van der Waals surface area contributed by atoms with Crippen LogP contribution in [-0.2, 0) is 9.59 Å². The van der Waals surface area contributed by atoms with Crippen molar-refractivity contribution in [3.05, 3.63) is 95.5 Å². The van der Waals surface area contributed by atoms with E-state index in [1.807, 2.05) is 60.7 Å². The number of para-hydroxylation sites is 2. The number of methoxy groups -OCH3 is 1. The molecule has 3 aromatic rings. The lowest BCUT2D eigenvalue weighted by Crippen LogP contribution is -2.37. The molecular weight excluding hydrogens is 414 g/mol. The molecule has 5 rings (SSSR count). The minimum atomic E-state index is -0.535. The van der Waals surface area contributed by atoms with Gasteiger partial charge in [-0.05, 0) is 53.8 Å². The summed E-state index contributed by atoms with van der Waals surface area (Å²) in [5.41, 5.74) is 4.97. The molecular formula is C27H25N3O3. The number of aromatic nitrogens is 1. The number of fused-ring (bicyclic) bond motifs is 1. The Bertz CT molecular complexity index is 1230. The molecule has 2 aliphatic rings. The highest BCUT2D eigenvalue weighted by molar-refractivity contribution is 6.05. The first-order chi connectivity index (χ1) is 16.1. The lowest BCUT2D eigenvalue weighted by molar-refractivity contribution is -0.117. The van der Waals surface area contributed by atoms with E-state index in [0.717, 1.165) is 33.9 Å². The van der Waals surface area contributed by atoms with Crippen molar-refractivity contribution in [1.29, 1.82) is 0 Å². The van der Waals surface area contributed by atoms with Crippen LogP contribution in [0.25, 0.3) is 0 Å². The van der Waals surface area contributed by atoms with E-state index in [1.165, 1.54) is 0 Å². The number of rotatable bonds is 3. The number of ketones is 1. The molecule has 0 fully saturated rings. The molecule has 0 bridgehead atoms. The number of anilines is 2. The standard InChI is InChI=1S/C27H25N3O3/c1-17(31)30-24-8-4-3-7-22(24)29-23-14-20(18-9-11-21(33-2)12-10-18)15-25(32)26(23)27(30)19-6-5-13-28-16-19/h3-13,16,20,27,29H,14-15H2,1-2H3/t20-,27-/m1/s1. The predicted octanol–water partition coefficient (Wildman–Crippen LogP) is 5.01. The maximum Gasteiger partial charge on any atom is 0.224 e. The number of ether oxygens (including phenoxy) is 1. The zero-order valence-corrected chi connectivity index (χ0v) is 18.6. The molecule has 0 unspecified atom stereocenters. The van der Waals surface area contributed by atoms with Crippen LogP contribution >= 0.6 is 0 Å². The van der Waals surface area contributed by atoms with Gasteiger partial charge in [-0.1, -0.05) is 30.3 Å². The van der Waals surface area contributed by atoms with Crippen LogP contribution in [0.5, 0.6) is 5.75 Å². The van der Waals surface area contributed by atoms with E-state index in [2.05, 4.69) is 10.3 Å². The molecule has 6 nitrogen and oxygen atoms in total. The van der Waals surface area contributed by atoms with Crippen molar-refractivity contribution in [2.75, 3.05) is 17.3 Å². The third kappa shape index (κ3) is 3.78. The summed E-state index contributed by atoms with van der Waals surface area (Å²) in [4.78, 5) is 32.7. The second kappa shape index (κ2) is 8.54. The van der Waals surface area contributed by atoms with E-state index in [1.54, 1.807) is 31.3 Å². The number of hydrogen-bond acceptors (Lipinski definition) is 5. The highest BCUT2D eigenvalue weighted by Gasteiger charge is 2.40. The topological polar surface area (TPSA) is 71.5 Å². The second-order valence-electron chi connectivity index (χ2n) is 8.41. The van der Waals surface area contributed by atoms with Crippen LogP contribution in [0.1, 0.15) is 42.9 Å². The molecule has 1 aliphatic carbocycles. The Kier molecular flexibility index (Phi) is 5.42. The number of carbonyl (C=O) groups is 2. The zero-order chi connectivity index (χ0) is 22.9. The fourth-order valence-corrected chi connectivity index (χ4v) is 4.90. The number of benzene rings is 2. The van der Waals surface area contributed by atoms with Gasteiger partial charge in [0, 0.05) is 37.0 Å². The summed E-state index contributed by atoms with van der Waals surface area (Å²) in [5, 5.41) is 3.52. The Balaban J connectivity index is 1.66. The molecule has 33 heavy (non-hydrogen) atoms. The molecule has 0 saturated heterocycles. The summed E-state index contributed by atoms with van der Waals surface area (Å²) in [6.07, 6.45) is 4.49. The Morgan fingerprint density at radius 2 is 1.82 bits per heavy atom. The highest BCUT2D eigenvalue weighted by Crippen LogP contribution is 2.47. The molecule has 1 amide bonds. The normalized spacial score (nSPS) is 19.8. The van der Waals surface area contributed by atoms with Gasteiger partial charge in [-0.15, -0.1) is 0 Å². The number of allylic oxidation sites excluding steroid dienone is 1. The van der Waals surface area contributed by atoms with Gasteiger partial charge >= 0.3 is 0 Å². The maximum absolute atomic E-state index is 13.7. The predicted molar refractivity (Wildman–Crippen MR) is 127 cm³/mol. The molecule has 166 valence electrons. The number of Topliss-reactive ketones (excluding diaryl/α,β-unsaturated/α-hetero) is 1. The monoisotopic (exact) mass is 439 g/mol. The van der Waals surface area contributed by atoms with E-state index in [4.69, 9.17) is 4.74 Å². The molecule has 2 heterocycles. The SMILES string of the molecule is COc1ccc([C@H]2CC(=O)C3=C(C2)Nc2ccccc2N(C(C)=O)[C@@H]3c2cccnc2)cc1. The van der Waals surface area contributed by atoms with Gasteiger partial charge < -0.3 is 10.1 Å². The first kappa shape index (κ1) is 20.9. The van der Waals surface area contributed by atoms with Crippen LogP contribution in [0, 0.1) is 0 Å². The van der Waals surface area contributed by atoms with Gasteiger partial charge in [-0.3, -0.25) is 19.5 Å². The van der Waals surface area contributed by atoms with Gasteiger partial charge in [0.2, 0.25) is 5.91 Å². The van der Waals surface area contributed by atoms with Gasteiger partial charge in [0.25, 0.3) is 0 Å². The van der Waals surface area contributed by atoms with E-state index in [0.29, 0.717) is 18.4 Å². The number of nitrogens with zero attached hydrogens (tertiary/aromatic N) is 2. The average molecular weight is 440 g/mol. The third-order valence-corrected chi connectivity index (χ3v) is 6.42. The lowest BCUT2D eigenvalue weighted by Gasteiger charge is -2.34. The van der Waals surface area contributed by atoms with Crippen molar-refractivity contribution >= 4 is 23.1 Å². The Hall–Kier alpha value is -3.93. The molecule has 0 saturated carbocycles. The fourth-order valence-electron chi connectivity index (χ4n) is 4.90. The molecule has 0 radical (unpaired) electrons.